The molecule has 5 nitrogen and oxygen atoms in total. The predicted molar refractivity (Wildman–Crippen MR) is 91.6 cm³/mol. The van der Waals surface area contributed by atoms with Crippen molar-refractivity contribution in [3.63, 3.8) is 0 Å². The molecule has 0 unspecified atom stereocenters. The minimum Gasteiger partial charge on any atom is -0.497 e. The van der Waals surface area contributed by atoms with Gasteiger partial charge in [0.1, 0.15) is 5.75 Å². The smallest absolute Gasteiger partial charge is 0.226 e. The highest BCUT2D eigenvalue weighted by Gasteiger charge is 2.45. The van der Waals surface area contributed by atoms with E-state index in [1.807, 2.05) is 29.2 Å². The molecule has 2 amide bonds. The highest BCUT2D eigenvalue weighted by molar-refractivity contribution is 5.90. The van der Waals surface area contributed by atoms with Crippen molar-refractivity contribution in [1.82, 2.24) is 10.2 Å². The van der Waals surface area contributed by atoms with Crippen LogP contribution in [-0.2, 0) is 9.59 Å². The Morgan fingerprint density at radius 1 is 1.29 bits per heavy atom. The van der Waals surface area contributed by atoms with Crippen molar-refractivity contribution in [3.05, 3.63) is 29.8 Å². The molecule has 0 radical (unpaired) electrons. The lowest BCUT2D eigenvalue weighted by molar-refractivity contribution is -0.129. The molecule has 0 spiro atoms. The van der Waals surface area contributed by atoms with Gasteiger partial charge in [0, 0.05) is 19.0 Å². The van der Waals surface area contributed by atoms with E-state index in [9.17, 15) is 9.59 Å². The number of hydrogen-bond acceptors (Lipinski definition) is 3. The Bertz CT molecular complexity index is 595. The molecule has 24 heavy (non-hydrogen) atoms. The second-order valence-electron chi connectivity index (χ2n) is 6.75. The van der Waals surface area contributed by atoms with Crippen molar-refractivity contribution >= 4 is 11.8 Å². The molecule has 0 bridgehead atoms. The number of benzene rings is 1. The third-order valence-corrected chi connectivity index (χ3v) is 4.90. The largest absolute Gasteiger partial charge is 0.497 e. The van der Waals surface area contributed by atoms with Gasteiger partial charge in [0.15, 0.2) is 0 Å². The molecule has 2 fully saturated rings. The third-order valence-electron chi connectivity index (χ3n) is 4.90. The van der Waals surface area contributed by atoms with Gasteiger partial charge in [-0.3, -0.25) is 9.59 Å². The zero-order valence-corrected chi connectivity index (χ0v) is 14.5. The third kappa shape index (κ3) is 3.55. The second-order valence-corrected chi connectivity index (χ2v) is 6.75. The van der Waals surface area contributed by atoms with E-state index in [2.05, 4.69) is 12.2 Å². The maximum absolute atomic E-state index is 12.7. The van der Waals surface area contributed by atoms with E-state index >= 15 is 0 Å². The zero-order valence-electron chi connectivity index (χ0n) is 14.5. The van der Waals surface area contributed by atoms with Crippen LogP contribution in [0.4, 0.5) is 0 Å². The Balaban J connectivity index is 1.85. The average molecular weight is 330 g/mol. The molecule has 3 rings (SSSR count). The number of ether oxygens (including phenoxy) is 1. The van der Waals surface area contributed by atoms with Gasteiger partial charge in [0.2, 0.25) is 11.8 Å². The summed E-state index contributed by atoms with van der Waals surface area (Å²) in [6, 6.07) is 7.87. The first-order valence-electron chi connectivity index (χ1n) is 8.87. The van der Waals surface area contributed by atoms with E-state index in [1.54, 1.807) is 7.11 Å². The van der Waals surface area contributed by atoms with Crippen LogP contribution in [0.5, 0.6) is 5.75 Å². The standard InChI is InChI=1S/C19H26N2O3/c1-3-4-11-21-17(22)12-16(19(23)20-14-7-8-14)18(21)13-5-9-15(24-2)10-6-13/h5-6,9-10,14,16,18H,3-4,7-8,11-12H2,1-2H3,(H,20,23)/t16-,18-/m1/s1. The fourth-order valence-corrected chi connectivity index (χ4v) is 3.37. The Morgan fingerprint density at radius 3 is 2.58 bits per heavy atom. The first-order chi connectivity index (χ1) is 11.6. The summed E-state index contributed by atoms with van der Waals surface area (Å²) >= 11 is 0. The van der Waals surface area contributed by atoms with Gasteiger partial charge in [-0.2, -0.15) is 0 Å². The number of rotatable bonds is 7. The molecule has 1 aromatic rings. The van der Waals surface area contributed by atoms with E-state index in [1.165, 1.54) is 0 Å². The van der Waals surface area contributed by atoms with Gasteiger partial charge < -0.3 is 15.0 Å². The number of carbonyl (C=O) groups excluding carboxylic acids is 2. The van der Waals surface area contributed by atoms with Crippen LogP contribution in [0.1, 0.15) is 50.6 Å². The minimum absolute atomic E-state index is 0.0191. The van der Waals surface area contributed by atoms with Crippen molar-refractivity contribution in [3.8, 4) is 5.75 Å². The van der Waals surface area contributed by atoms with Crippen molar-refractivity contribution < 1.29 is 14.3 Å². The van der Waals surface area contributed by atoms with Crippen LogP contribution in [0.25, 0.3) is 0 Å². The average Bonchev–Trinajstić information content (AvgIpc) is 3.34. The molecule has 1 saturated carbocycles. The highest BCUT2D eigenvalue weighted by atomic mass is 16.5. The van der Waals surface area contributed by atoms with Gasteiger partial charge in [-0.1, -0.05) is 25.5 Å². The van der Waals surface area contributed by atoms with E-state index in [-0.39, 0.29) is 23.8 Å². The quantitative estimate of drug-likeness (QED) is 0.836. The second kappa shape index (κ2) is 7.24. The number of methoxy groups -OCH3 is 1. The summed E-state index contributed by atoms with van der Waals surface area (Å²) in [6.07, 6.45) is 4.39. The molecule has 0 aromatic heterocycles. The Labute approximate surface area is 143 Å². The summed E-state index contributed by atoms with van der Waals surface area (Å²) in [7, 11) is 1.63. The fraction of sp³-hybridized carbons (Fsp3) is 0.579. The molecule has 1 heterocycles. The van der Waals surface area contributed by atoms with Gasteiger partial charge >= 0.3 is 0 Å². The fourth-order valence-electron chi connectivity index (χ4n) is 3.37. The Kier molecular flexibility index (Phi) is 5.07. The van der Waals surface area contributed by atoms with E-state index in [0.29, 0.717) is 19.0 Å². The summed E-state index contributed by atoms with van der Waals surface area (Å²) in [6.45, 7) is 2.82. The molecule has 1 aliphatic carbocycles. The number of nitrogens with zero attached hydrogens (tertiary/aromatic N) is 1. The molecule has 130 valence electrons. The number of amides is 2. The lowest BCUT2D eigenvalue weighted by Crippen LogP contribution is -2.36. The molecule has 1 saturated heterocycles. The van der Waals surface area contributed by atoms with E-state index < -0.39 is 0 Å². The summed E-state index contributed by atoms with van der Waals surface area (Å²) in [5.41, 5.74) is 1.01. The highest BCUT2D eigenvalue weighted by Crippen LogP contribution is 2.39. The summed E-state index contributed by atoms with van der Waals surface area (Å²) in [5.74, 6) is 0.580. The monoisotopic (exact) mass is 330 g/mol. The molecule has 1 aromatic carbocycles. The maximum atomic E-state index is 12.7. The number of unbranched alkanes of at least 4 members (excludes halogenated alkanes) is 1. The van der Waals surface area contributed by atoms with Gasteiger partial charge in [-0.25, -0.2) is 0 Å². The van der Waals surface area contributed by atoms with Crippen molar-refractivity contribution in [2.24, 2.45) is 5.92 Å². The van der Waals surface area contributed by atoms with Crippen LogP contribution in [-0.4, -0.2) is 36.4 Å². The maximum Gasteiger partial charge on any atom is 0.226 e. The summed E-state index contributed by atoms with van der Waals surface area (Å²) in [5, 5.41) is 3.07. The summed E-state index contributed by atoms with van der Waals surface area (Å²) < 4.78 is 5.22. The molecule has 1 aliphatic heterocycles. The lowest BCUT2D eigenvalue weighted by atomic mass is 9.92. The van der Waals surface area contributed by atoms with Crippen molar-refractivity contribution in [2.45, 2.75) is 51.1 Å². The van der Waals surface area contributed by atoms with Gasteiger partial charge in [0.25, 0.3) is 0 Å². The predicted octanol–water partition coefficient (Wildman–Crippen LogP) is 2.66. The first kappa shape index (κ1) is 16.8. The Hall–Kier alpha value is -2.04. The number of carbonyl (C=O) groups is 2. The molecule has 2 aliphatic rings. The summed E-state index contributed by atoms with van der Waals surface area (Å²) in [4.78, 5) is 27.1. The van der Waals surface area contributed by atoms with Gasteiger partial charge in [-0.15, -0.1) is 0 Å². The zero-order chi connectivity index (χ0) is 17.1. The van der Waals surface area contributed by atoms with Gasteiger partial charge in [-0.05, 0) is 37.0 Å². The van der Waals surface area contributed by atoms with Crippen LogP contribution >= 0.6 is 0 Å². The molecule has 1 N–H and O–H groups in total. The van der Waals surface area contributed by atoms with Gasteiger partial charge in [0.05, 0.1) is 19.1 Å². The van der Waals surface area contributed by atoms with Crippen LogP contribution in [0.3, 0.4) is 0 Å². The Morgan fingerprint density at radius 2 is 2.00 bits per heavy atom. The van der Waals surface area contributed by atoms with Crippen molar-refractivity contribution in [1.29, 1.82) is 0 Å². The van der Waals surface area contributed by atoms with Crippen LogP contribution in [0, 0.1) is 5.92 Å². The van der Waals surface area contributed by atoms with E-state index in [0.717, 1.165) is 37.0 Å². The molecular formula is C19H26N2O3. The SMILES string of the molecule is CCCCN1C(=O)C[C@@H](C(=O)NC2CC2)[C@H]1c1ccc(OC)cc1. The molecule has 5 heteroatoms. The van der Waals surface area contributed by atoms with Crippen molar-refractivity contribution in [2.75, 3.05) is 13.7 Å². The first-order valence-corrected chi connectivity index (χ1v) is 8.87. The lowest BCUT2D eigenvalue weighted by Gasteiger charge is -2.28. The normalized spacial score (nSPS) is 23.4. The number of nitrogens with one attached hydrogen (secondary N) is 1. The minimum atomic E-state index is -0.302. The van der Waals surface area contributed by atoms with Crippen LogP contribution in [0.2, 0.25) is 0 Å². The molecular weight excluding hydrogens is 304 g/mol. The van der Waals surface area contributed by atoms with Crippen LogP contribution < -0.4 is 10.1 Å². The van der Waals surface area contributed by atoms with E-state index in [4.69, 9.17) is 4.74 Å². The topological polar surface area (TPSA) is 58.6 Å². The number of likely N-dealkylation sites (tertiary alicyclic amines) is 1. The molecule has 2 atom stereocenters. The van der Waals surface area contributed by atoms with Crippen LogP contribution in [0.15, 0.2) is 24.3 Å². The number of hydrogen-bond donors (Lipinski definition) is 1.